The van der Waals surface area contributed by atoms with E-state index < -0.39 is 29.5 Å². The molecule has 3 N–H and O–H groups in total. The molecule has 0 aliphatic heterocycles. The molecule has 0 saturated carbocycles. The third-order valence-electron chi connectivity index (χ3n) is 2.57. The molecule has 1 aromatic rings. The summed E-state index contributed by atoms with van der Waals surface area (Å²) in [4.78, 5) is 0. The Balaban J connectivity index is 3.13. The van der Waals surface area contributed by atoms with Crippen LogP contribution in [-0.2, 0) is 12.4 Å². The maximum atomic E-state index is 12.7. The molecule has 0 aliphatic rings. The van der Waals surface area contributed by atoms with E-state index in [4.69, 9.17) is 10.8 Å². The average Bonchev–Trinajstić information content (AvgIpc) is 2.36. The van der Waals surface area contributed by atoms with Crippen molar-refractivity contribution in [3.8, 4) is 0 Å². The van der Waals surface area contributed by atoms with Crippen molar-refractivity contribution in [1.82, 2.24) is 0 Å². The minimum absolute atomic E-state index is 0.0666. The number of benzene rings is 1. The van der Waals surface area contributed by atoms with E-state index in [0.29, 0.717) is 17.9 Å². The molecule has 0 amide bonds. The van der Waals surface area contributed by atoms with Crippen LogP contribution in [0.3, 0.4) is 0 Å². The number of nitrogens with two attached hydrogens (primary N) is 1. The lowest BCUT2D eigenvalue weighted by Gasteiger charge is -2.17. The first-order valence-corrected chi connectivity index (χ1v) is 6.94. The number of alkyl halides is 6. The van der Waals surface area contributed by atoms with Crippen molar-refractivity contribution in [2.24, 2.45) is 5.73 Å². The Labute approximate surface area is 121 Å². The molecule has 2 nitrogen and oxygen atoms in total. The van der Waals surface area contributed by atoms with E-state index in [1.165, 1.54) is 0 Å². The summed E-state index contributed by atoms with van der Waals surface area (Å²) in [6, 6.07) is 0.334. The second-order valence-electron chi connectivity index (χ2n) is 4.24. The van der Waals surface area contributed by atoms with Crippen molar-refractivity contribution in [2.45, 2.75) is 18.4 Å². The monoisotopic (exact) mass is 333 g/mol. The highest BCUT2D eigenvalue weighted by molar-refractivity contribution is 7.99. The highest BCUT2D eigenvalue weighted by Gasteiger charge is 2.37. The molecular formula is C12H13F6NOS. The standard InChI is InChI=1S/C12H13F6NOS/c13-11(14,15)8-3-7(10(19)6-21-2-1-20)4-9(5-8)12(16,17)18/h3-5,10,20H,1-2,6,19H2. The van der Waals surface area contributed by atoms with Gasteiger partial charge >= 0.3 is 12.4 Å². The zero-order chi connectivity index (χ0) is 16.3. The van der Waals surface area contributed by atoms with Crippen molar-refractivity contribution in [3.05, 3.63) is 34.9 Å². The fourth-order valence-electron chi connectivity index (χ4n) is 1.56. The fourth-order valence-corrected chi connectivity index (χ4v) is 2.31. The summed E-state index contributed by atoms with van der Waals surface area (Å²) in [6.45, 7) is -0.145. The summed E-state index contributed by atoms with van der Waals surface area (Å²) in [5.74, 6) is 0.415. The van der Waals surface area contributed by atoms with Crippen LogP contribution in [0.2, 0.25) is 0 Å². The Bertz CT molecular complexity index is 442. The molecule has 21 heavy (non-hydrogen) atoms. The Morgan fingerprint density at radius 1 is 1.00 bits per heavy atom. The first kappa shape index (κ1) is 18.1. The Morgan fingerprint density at radius 2 is 1.48 bits per heavy atom. The summed E-state index contributed by atoms with van der Waals surface area (Å²) in [6.07, 6.45) is -9.76. The van der Waals surface area contributed by atoms with Crippen LogP contribution in [0.1, 0.15) is 22.7 Å². The molecule has 0 spiro atoms. The number of aliphatic hydroxyl groups is 1. The molecule has 1 atom stereocenters. The van der Waals surface area contributed by atoms with Gasteiger partial charge in [0, 0.05) is 17.5 Å². The molecule has 0 aliphatic carbocycles. The molecule has 0 aromatic heterocycles. The molecule has 0 saturated heterocycles. The number of aliphatic hydroxyl groups excluding tert-OH is 1. The number of halogens is 6. The van der Waals surface area contributed by atoms with Crippen LogP contribution in [0.4, 0.5) is 26.3 Å². The number of hydrogen-bond acceptors (Lipinski definition) is 3. The van der Waals surface area contributed by atoms with Gasteiger partial charge in [-0.1, -0.05) is 0 Å². The maximum Gasteiger partial charge on any atom is 0.416 e. The van der Waals surface area contributed by atoms with Crippen LogP contribution in [0.15, 0.2) is 18.2 Å². The van der Waals surface area contributed by atoms with Crippen molar-refractivity contribution in [3.63, 3.8) is 0 Å². The number of thioether (sulfide) groups is 1. The van der Waals surface area contributed by atoms with Gasteiger partial charge in [0.15, 0.2) is 0 Å². The zero-order valence-corrected chi connectivity index (χ0v) is 11.4. The quantitative estimate of drug-likeness (QED) is 0.641. The van der Waals surface area contributed by atoms with Gasteiger partial charge < -0.3 is 10.8 Å². The second kappa shape index (κ2) is 6.89. The van der Waals surface area contributed by atoms with Crippen LogP contribution in [0.25, 0.3) is 0 Å². The van der Waals surface area contributed by atoms with Gasteiger partial charge in [0.25, 0.3) is 0 Å². The third-order valence-corrected chi connectivity index (χ3v) is 3.64. The molecular weight excluding hydrogens is 320 g/mol. The number of rotatable bonds is 5. The van der Waals surface area contributed by atoms with E-state index in [-0.39, 0.29) is 24.0 Å². The molecule has 120 valence electrons. The first-order valence-electron chi connectivity index (χ1n) is 5.79. The fraction of sp³-hybridized carbons (Fsp3) is 0.500. The van der Waals surface area contributed by atoms with Gasteiger partial charge in [-0.15, -0.1) is 0 Å². The van der Waals surface area contributed by atoms with Crippen molar-refractivity contribution in [1.29, 1.82) is 0 Å². The van der Waals surface area contributed by atoms with Crippen LogP contribution in [0, 0.1) is 0 Å². The van der Waals surface area contributed by atoms with Crippen LogP contribution in [-0.4, -0.2) is 23.2 Å². The summed E-state index contributed by atoms with van der Waals surface area (Å²) in [7, 11) is 0. The second-order valence-corrected chi connectivity index (χ2v) is 5.39. The third kappa shape index (κ3) is 5.40. The minimum atomic E-state index is -4.88. The van der Waals surface area contributed by atoms with E-state index in [9.17, 15) is 26.3 Å². The summed E-state index contributed by atoms with van der Waals surface area (Å²) in [5.41, 5.74) is 2.63. The molecule has 1 aromatic carbocycles. The lowest BCUT2D eigenvalue weighted by molar-refractivity contribution is -0.143. The Morgan fingerprint density at radius 3 is 1.86 bits per heavy atom. The normalized spacial score (nSPS) is 14.3. The van der Waals surface area contributed by atoms with E-state index in [2.05, 4.69) is 0 Å². The Hall–Kier alpha value is -0.930. The van der Waals surface area contributed by atoms with E-state index in [0.717, 1.165) is 11.8 Å². The first-order chi connectivity index (χ1) is 9.55. The molecule has 9 heteroatoms. The average molecular weight is 333 g/mol. The van der Waals surface area contributed by atoms with E-state index >= 15 is 0 Å². The molecule has 0 fully saturated rings. The van der Waals surface area contributed by atoms with E-state index in [1.807, 2.05) is 0 Å². The topological polar surface area (TPSA) is 46.2 Å². The van der Waals surface area contributed by atoms with Gasteiger partial charge in [0.2, 0.25) is 0 Å². The molecule has 0 radical (unpaired) electrons. The molecule has 0 bridgehead atoms. The smallest absolute Gasteiger partial charge is 0.396 e. The maximum absolute atomic E-state index is 12.7. The Kier molecular flexibility index (Phi) is 5.94. The van der Waals surface area contributed by atoms with Gasteiger partial charge in [-0.05, 0) is 23.8 Å². The highest BCUT2D eigenvalue weighted by atomic mass is 32.2. The van der Waals surface area contributed by atoms with Crippen molar-refractivity contribution >= 4 is 11.8 Å². The number of hydrogen-bond donors (Lipinski definition) is 2. The summed E-state index contributed by atoms with van der Waals surface area (Å²) < 4.78 is 76.0. The lowest BCUT2D eigenvalue weighted by atomic mass is 10.0. The molecule has 1 unspecified atom stereocenters. The van der Waals surface area contributed by atoms with Crippen LogP contribution >= 0.6 is 11.8 Å². The zero-order valence-electron chi connectivity index (χ0n) is 10.6. The van der Waals surface area contributed by atoms with Gasteiger partial charge in [0.1, 0.15) is 0 Å². The van der Waals surface area contributed by atoms with Crippen LogP contribution < -0.4 is 5.73 Å². The molecule has 1 rings (SSSR count). The minimum Gasteiger partial charge on any atom is -0.396 e. The summed E-state index contributed by atoms with van der Waals surface area (Å²) >= 11 is 1.15. The van der Waals surface area contributed by atoms with Gasteiger partial charge in [-0.25, -0.2) is 0 Å². The largest absolute Gasteiger partial charge is 0.416 e. The van der Waals surface area contributed by atoms with Crippen molar-refractivity contribution in [2.75, 3.05) is 18.1 Å². The van der Waals surface area contributed by atoms with Crippen LogP contribution in [0.5, 0.6) is 0 Å². The van der Waals surface area contributed by atoms with Gasteiger partial charge in [0.05, 0.1) is 17.7 Å². The van der Waals surface area contributed by atoms with E-state index in [1.54, 1.807) is 0 Å². The van der Waals surface area contributed by atoms with Gasteiger partial charge in [-0.3, -0.25) is 0 Å². The predicted octanol–water partition coefficient (Wildman–Crippen LogP) is 3.45. The SMILES string of the molecule is NC(CSCCO)c1cc(C(F)(F)F)cc(C(F)(F)F)c1. The van der Waals surface area contributed by atoms with Gasteiger partial charge in [-0.2, -0.15) is 38.1 Å². The molecule has 0 heterocycles. The predicted molar refractivity (Wildman–Crippen MR) is 67.8 cm³/mol. The van der Waals surface area contributed by atoms with Crippen molar-refractivity contribution < 1.29 is 31.4 Å². The summed E-state index contributed by atoms with van der Waals surface area (Å²) in [5, 5.41) is 8.59. The lowest BCUT2D eigenvalue weighted by Crippen LogP contribution is -2.18. The highest BCUT2D eigenvalue weighted by Crippen LogP contribution is 2.37.